The van der Waals surface area contributed by atoms with Crippen LogP contribution in [-0.2, 0) is 0 Å². The highest BCUT2D eigenvalue weighted by Gasteiger charge is 2.18. The molecule has 2 N–H and O–H groups in total. The quantitative estimate of drug-likeness (QED) is 0.642. The largest absolute Gasteiger partial charge is 0.495 e. The van der Waals surface area contributed by atoms with E-state index in [1.165, 1.54) is 6.42 Å². The molecule has 90 valence electrons. The number of allylic oxidation sites excluding steroid dienone is 2. The van der Waals surface area contributed by atoms with Crippen molar-refractivity contribution in [3.63, 3.8) is 0 Å². The Balaban J connectivity index is 2.33. The molecule has 0 saturated carbocycles. The second-order valence-corrected chi connectivity index (χ2v) is 4.23. The van der Waals surface area contributed by atoms with Gasteiger partial charge in [-0.1, -0.05) is 12.1 Å². The van der Waals surface area contributed by atoms with Gasteiger partial charge in [-0.15, -0.1) is 0 Å². The summed E-state index contributed by atoms with van der Waals surface area (Å²) >= 11 is 0. The number of nitrogens with two attached hydrogens (primary N) is 1. The van der Waals surface area contributed by atoms with Crippen molar-refractivity contribution < 1.29 is 9.53 Å². The van der Waals surface area contributed by atoms with Gasteiger partial charge in [-0.05, 0) is 43.4 Å². The molecule has 0 amide bonds. The molecule has 0 atom stereocenters. The van der Waals surface area contributed by atoms with Crippen LogP contribution in [0.2, 0.25) is 0 Å². The van der Waals surface area contributed by atoms with E-state index >= 15 is 0 Å². The molecule has 0 spiro atoms. The number of hydrogen-bond acceptors (Lipinski definition) is 3. The second kappa shape index (κ2) is 5.04. The Morgan fingerprint density at radius 2 is 2.18 bits per heavy atom. The van der Waals surface area contributed by atoms with E-state index in [0.29, 0.717) is 17.0 Å². The van der Waals surface area contributed by atoms with E-state index in [1.54, 1.807) is 25.3 Å². The normalized spacial score (nSPS) is 15.2. The fraction of sp³-hybridized carbons (Fsp3) is 0.357. The summed E-state index contributed by atoms with van der Waals surface area (Å²) in [6, 6.07) is 5.32. The lowest BCUT2D eigenvalue weighted by Gasteiger charge is -2.14. The maximum atomic E-state index is 12.3. The summed E-state index contributed by atoms with van der Waals surface area (Å²) in [5.74, 6) is 0.605. The highest BCUT2D eigenvalue weighted by molar-refractivity contribution is 6.12. The van der Waals surface area contributed by atoms with Gasteiger partial charge in [0.15, 0.2) is 5.78 Å². The molecule has 1 aromatic carbocycles. The zero-order valence-corrected chi connectivity index (χ0v) is 10.0. The van der Waals surface area contributed by atoms with Crippen LogP contribution in [0.15, 0.2) is 29.8 Å². The van der Waals surface area contributed by atoms with Gasteiger partial charge >= 0.3 is 0 Å². The van der Waals surface area contributed by atoms with E-state index in [0.717, 1.165) is 24.8 Å². The molecule has 0 unspecified atom stereocenters. The molecule has 0 aliphatic heterocycles. The lowest BCUT2D eigenvalue weighted by atomic mass is 9.92. The first-order valence-electron chi connectivity index (χ1n) is 5.90. The fourth-order valence-electron chi connectivity index (χ4n) is 2.14. The molecule has 0 saturated heterocycles. The maximum absolute atomic E-state index is 12.3. The predicted octanol–water partition coefficient (Wildman–Crippen LogP) is 2.96. The molecule has 17 heavy (non-hydrogen) atoms. The number of anilines is 1. The minimum Gasteiger partial charge on any atom is -0.495 e. The van der Waals surface area contributed by atoms with E-state index in [9.17, 15) is 4.79 Å². The number of carbonyl (C=O) groups is 1. The molecule has 3 heteroatoms. The zero-order valence-electron chi connectivity index (χ0n) is 10.0. The third kappa shape index (κ3) is 2.33. The SMILES string of the molecule is COc1cccc(C(=O)C2=CCCCC2)c1N. The average Bonchev–Trinajstić information content (AvgIpc) is 2.39. The molecule has 0 aromatic heterocycles. The van der Waals surface area contributed by atoms with Crippen LogP contribution in [0, 0.1) is 0 Å². The Kier molecular flexibility index (Phi) is 3.47. The number of benzene rings is 1. The summed E-state index contributed by atoms with van der Waals surface area (Å²) in [5.41, 5.74) is 7.80. The van der Waals surface area contributed by atoms with E-state index in [4.69, 9.17) is 10.5 Å². The molecular formula is C14H17NO2. The third-order valence-corrected chi connectivity index (χ3v) is 3.11. The van der Waals surface area contributed by atoms with Crippen molar-refractivity contribution in [3.8, 4) is 5.75 Å². The van der Waals surface area contributed by atoms with Crippen molar-refractivity contribution in [1.82, 2.24) is 0 Å². The number of nitrogen functional groups attached to an aromatic ring is 1. The molecule has 1 aromatic rings. The van der Waals surface area contributed by atoms with Gasteiger partial charge in [0, 0.05) is 5.56 Å². The highest BCUT2D eigenvalue weighted by atomic mass is 16.5. The van der Waals surface area contributed by atoms with Crippen LogP contribution in [0.5, 0.6) is 5.75 Å². The highest BCUT2D eigenvalue weighted by Crippen LogP contribution is 2.29. The Hall–Kier alpha value is -1.77. The Morgan fingerprint density at radius 1 is 1.35 bits per heavy atom. The smallest absolute Gasteiger partial charge is 0.190 e. The molecule has 3 nitrogen and oxygen atoms in total. The molecular weight excluding hydrogens is 214 g/mol. The Bertz CT molecular complexity index is 463. The molecule has 1 aliphatic rings. The first-order valence-corrected chi connectivity index (χ1v) is 5.90. The molecule has 2 rings (SSSR count). The Labute approximate surface area is 101 Å². The van der Waals surface area contributed by atoms with Crippen LogP contribution in [0.25, 0.3) is 0 Å². The molecule has 0 fully saturated rings. The number of ether oxygens (including phenoxy) is 1. The summed E-state index contributed by atoms with van der Waals surface area (Å²) in [6.45, 7) is 0. The van der Waals surface area contributed by atoms with Crippen LogP contribution in [0.4, 0.5) is 5.69 Å². The first-order chi connectivity index (χ1) is 8.24. The molecule has 0 bridgehead atoms. The average molecular weight is 231 g/mol. The van der Waals surface area contributed by atoms with Gasteiger partial charge in [0.05, 0.1) is 12.8 Å². The Morgan fingerprint density at radius 3 is 2.82 bits per heavy atom. The minimum atomic E-state index is 0.0427. The summed E-state index contributed by atoms with van der Waals surface area (Å²) in [4.78, 5) is 12.3. The molecule has 0 heterocycles. The van der Waals surface area contributed by atoms with Gasteiger partial charge in [-0.2, -0.15) is 0 Å². The third-order valence-electron chi connectivity index (χ3n) is 3.11. The van der Waals surface area contributed by atoms with Gasteiger partial charge in [-0.25, -0.2) is 0 Å². The van der Waals surface area contributed by atoms with Gasteiger partial charge in [0.1, 0.15) is 5.75 Å². The molecule has 1 aliphatic carbocycles. The summed E-state index contributed by atoms with van der Waals surface area (Å²) in [7, 11) is 1.56. The number of hydrogen-bond donors (Lipinski definition) is 1. The van der Waals surface area contributed by atoms with Crippen molar-refractivity contribution in [2.45, 2.75) is 25.7 Å². The summed E-state index contributed by atoms with van der Waals surface area (Å²) < 4.78 is 5.13. The number of methoxy groups -OCH3 is 1. The van der Waals surface area contributed by atoms with Crippen LogP contribution >= 0.6 is 0 Å². The zero-order chi connectivity index (χ0) is 12.3. The summed E-state index contributed by atoms with van der Waals surface area (Å²) in [5, 5.41) is 0. The van der Waals surface area contributed by atoms with Crippen molar-refractivity contribution >= 4 is 11.5 Å². The summed E-state index contributed by atoms with van der Waals surface area (Å²) in [6.07, 6.45) is 6.14. The van der Waals surface area contributed by atoms with E-state index < -0.39 is 0 Å². The van der Waals surface area contributed by atoms with Gasteiger partial charge in [-0.3, -0.25) is 4.79 Å². The van der Waals surface area contributed by atoms with E-state index in [2.05, 4.69) is 0 Å². The predicted molar refractivity (Wildman–Crippen MR) is 68.3 cm³/mol. The van der Waals surface area contributed by atoms with Crippen LogP contribution in [0.3, 0.4) is 0 Å². The standard InChI is InChI=1S/C14H17NO2/c1-17-12-9-5-8-11(13(12)15)14(16)10-6-3-2-4-7-10/h5-6,8-9H,2-4,7,15H2,1H3. The van der Waals surface area contributed by atoms with Crippen molar-refractivity contribution in [3.05, 3.63) is 35.4 Å². The van der Waals surface area contributed by atoms with Crippen LogP contribution < -0.4 is 10.5 Å². The van der Waals surface area contributed by atoms with Crippen LogP contribution in [-0.4, -0.2) is 12.9 Å². The minimum absolute atomic E-state index is 0.0427. The van der Waals surface area contributed by atoms with Gasteiger partial charge < -0.3 is 10.5 Å². The first kappa shape index (κ1) is 11.7. The number of Topliss-reactive ketones (excluding diaryl/α,β-unsaturated/α-hetero) is 1. The van der Waals surface area contributed by atoms with Gasteiger partial charge in [0.2, 0.25) is 0 Å². The monoisotopic (exact) mass is 231 g/mol. The van der Waals surface area contributed by atoms with Crippen LogP contribution in [0.1, 0.15) is 36.0 Å². The maximum Gasteiger partial charge on any atom is 0.190 e. The topological polar surface area (TPSA) is 52.3 Å². The number of rotatable bonds is 3. The number of carbonyl (C=O) groups excluding carboxylic acids is 1. The number of ketones is 1. The van der Waals surface area contributed by atoms with E-state index in [1.807, 2.05) is 6.08 Å². The van der Waals surface area contributed by atoms with Crippen molar-refractivity contribution in [1.29, 1.82) is 0 Å². The molecule has 0 radical (unpaired) electrons. The van der Waals surface area contributed by atoms with E-state index in [-0.39, 0.29) is 5.78 Å². The lowest BCUT2D eigenvalue weighted by molar-refractivity contribution is 0.102. The fourth-order valence-corrected chi connectivity index (χ4v) is 2.14. The van der Waals surface area contributed by atoms with Crippen molar-refractivity contribution in [2.75, 3.05) is 12.8 Å². The lowest BCUT2D eigenvalue weighted by Crippen LogP contribution is -2.09. The second-order valence-electron chi connectivity index (χ2n) is 4.23. The number of para-hydroxylation sites is 1. The van der Waals surface area contributed by atoms with Crippen molar-refractivity contribution in [2.24, 2.45) is 0 Å². The van der Waals surface area contributed by atoms with Gasteiger partial charge in [0.25, 0.3) is 0 Å².